The highest BCUT2D eigenvalue weighted by Gasteiger charge is 2.09. The third-order valence-electron chi connectivity index (χ3n) is 3.54. The lowest BCUT2D eigenvalue weighted by Crippen LogP contribution is -2.34. The molecule has 0 spiro atoms. The molecule has 0 aliphatic heterocycles. The molecule has 3 rings (SSSR count). The quantitative estimate of drug-likeness (QED) is 0.388. The van der Waals surface area contributed by atoms with Gasteiger partial charge in [0.25, 0.3) is 5.91 Å². The van der Waals surface area contributed by atoms with Gasteiger partial charge < -0.3 is 14.8 Å². The molecule has 3 N–H and O–H groups in total. The van der Waals surface area contributed by atoms with Crippen molar-refractivity contribution in [3.8, 4) is 11.3 Å². The maximum Gasteiger partial charge on any atom is 0.257 e. The molecule has 0 fully saturated rings. The van der Waals surface area contributed by atoms with E-state index in [-0.39, 0.29) is 17.6 Å². The largest absolute Gasteiger partial charge is 0.459 e. The van der Waals surface area contributed by atoms with Gasteiger partial charge in [-0.3, -0.25) is 10.1 Å². The number of halogens is 1. The topological polar surface area (TPSA) is 74.5 Å². The lowest BCUT2D eigenvalue weighted by molar-refractivity contribution is 0.0977. The van der Waals surface area contributed by atoms with Gasteiger partial charge in [-0.15, -0.1) is 0 Å². The lowest BCUT2D eigenvalue weighted by Gasteiger charge is -2.10. The minimum atomic E-state index is -0.268. The van der Waals surface area contributed by atoms with Crippen molar-refractivity contribution < 1.29 is 14.3 Å². The van der Waals surface area contributed by atoms with Gasteiger partial charge in [-0.2, -0.15) is 0 Å². The van der Waals surface area contributed by atoms with Crippen molar-refractivity contribution in [1.82, 2.24) is 5.32 Å². The Kier molecular flexibility index (Phi) is 6.02. The number of amides is 1. The van der Waals surface area contributed by atoms with Crippen LogP contribution in [0, 0.1) is 3.57 Å². The molecule has 0 unspecified atom stereocenters. The van der Waals surface area contributed by atoms with E-state index in [4.69, 9.17) is 21.7 Å². The lowest BCUT2D eigenvalue weighted by atomic mass is 10.1. The van der Waals surface area contributed by atoms with Crippen LogP contribution in [-0.4, -0.2) is 16.1 Å². The first-order valence-electron chi connectivity index (χ1n) is 7.73. The van der Waals surface area contributed by atoms with Crippen LogP contribution in [0.4, 0.5) is 5.69 Å². The van der Waals surface area contributed by atoms with E-state index < -0.39 is 0 Å². The second kappa shape index (κ2) is 8.43. The van der Waals surface area contributed by atoms with Gasteiger partial charge in [-0.05, 0) is 77.3 Å². The molecule has 0 saturated carbocycles. The number of carbonyl (C=O) groups excluding carboxylic acids is 1. The Morgan fingerprint density at radius 1 is 1.12 bits per heavy atom. The van der Waals surface area contributed by atoms with Crippen molar-refractivity contribution in [2.24, 2.45) is 0 Å². The summed E-state index contributed by atoms with van der Waals surface area (Å²) in [4.78, 5) is 12.2. The molecule has 1 aromatic heterocycles. The molecule has 0 aliphatic carbocycles. The summed E-state index contributed by atoms with van der Waals surface area (Å²) >= 11 is 7.38. The van der Waals surface area contributed by atoms with E-state index in [1.54, 1.807) is 24.3 Å². The predicted octanol–water partition coefficient (Wildman–Crippen LogP) is 4.17. The molecule has 2 aromatic carbocycles. The van der Waals surface area contributed by atoms with Crippen molar-refractivity contribution in [1.29, 1.82) is 0 Å². The van der Waals surface area contributed by atoms with Crippen LogP contribution in [0.25, 0.3) is 11.3 Å². The Bertz CT molecular complexity index is 955. The van der Waals surface area contributed by atoms with Gasteiger partial charge in [0.2, 0.25) is 0 Å². The van der Waals surface area contributed by atoms with Crippen molar-refractivity contribution in [3.05, 3.63) is 75.6 Å². The van der Waals surface area contributed by atoms with E-state index in [2.05, 4.69) is 33.2 Å². The van der Waals surface area contributed by atoms with E-state index in [0.717, 1.165) is 14.8 Å². The molecular formula is C19H15IN2O3S. The number of furan rings is 1. The molecule has 132 valence electrons. The highest BCUT2D eigenvalue weighted by atomic mass is 127. The van der Waals surface area contributed by atoms with Crippen LogP contribution in [0.1, 0.15) is 16.1 Å². The summed E-state index contributed by atoms with van der Waals surface area (Å²) in [5, 5.41) is 15.0. The van der Waals surface area contributed by atoms with Gasteiger partial charge in [0, 0.05) is 20.4 Å². The SMILES string of the molecule is O=C(NC(=S)Nc1cccc(-c2ccc(CO)o2)c1)c1cccc(I)c1. The van der Waals surface area contributed by atoms with E-state index in [9.17, 15) is 4.79 Å². The standard InChI is InChI=1S/C19H15IN2O3S/c20-14-5-1-4-13(9-14)18(24)22-19(26)21-15-6-2-3-12(10-15)17-8-7-16(11-23)25-17/h1-10,23H,11H2,(H2,21,22,24,26). The maximum atomic E-state index is 12.2. The van der Waals surface area contributed by atoms with Gasteiger partial charge in [-0.1, -0.05) is 18.2 Å². The van der Waals surface area contributed by atoms with Gasteiger partial charge in [0.15, 0.2) is 5.11 Å². The minimum Gasteiger partial charge on any atom is -0.459 e. The Labute approximate surface area is 169 Å². The van der Waals surface area contributed by atoms with Crippen molar-refractivity contribution >= 4 is 51.5 Å². The van der Waals surface area contributed by atoms with Crippen molar-refractivity contribution in [2.45, 2.75) is 6.61 Å². The average Bonchev–Trinajstić information content (AvgIpc) is 3.11. The summed E-state index contributed by atoms with van der Waals surface area (Å²) in [5.41, 5.74) is 2.10. The molecule has 0 bridgehead atoms. The van der Waals surface area contributed by atoms with Gasteiger partial charge in [0.05, 0.1) is 0 Å². The van der Waals surface area contributed by atoms with Crippen LogP contribution in [0.2, 0.25) is 0 Å². The van der Waals surface area contributed by atoms with E-state index in [0.29, 0.717) is 17.1 Å². The fraction of sp³-hybridized carbons (Fsp3) is 0.0526. The predicted molar refractivity (Wildman–Crippen MR) is 113 cm³/mol. The first-order chi connectivity index (χ1) is 12.5. The van der Waals surface area contributed by atoms with Crippen LogP contribution in [0.15, 0.2) is 65.1 Å². The number of rotatable bonds is 4. The monoisotopic (exact) mass is 478 g/mol. The number of aliphatic hydroxyl groups excluding tert-OH is 1. The molecule has 5 nitrogen and oxygen atoms in total. The first-order valence-corrected chi connectivity index (χ1v) is 9.22. The van der Waals surface area contributed by atoms with Gasteiger partial charge in [0.1, 0.15) is 18.1 Å². The summed E-state index contributed by atoms with van der Waals surface area (Å²) in [5.74, 6) is 0.876. The summed E-state index contributed by atoms with van der Waals surface area (Å²) in [7, 11) is 0. The number of hydrogen-bond acceptors (Lipinski definition) is 4. The maximum absolute atomic E-state index is 12.2. The Balaban J connectivity index is 1.67. The van der Waals surface area contributed by atoms with Crippen LogP contribution >= 0.6 is 34.8 Å². The van der Waals surface area contributed by atoms with E-state index in [1.165, 1.54) is 0 Å². The molecule has 0 aliphatic rings. The molecule has 26 heavy (non-hydrogen) atoms. The Morgan fingerprint density at radius 3 is 2.65 bits per heavy atom. The number of aliphatic hydroxyl groups is 1. The summed E-state index contributed by atoms with van der Waals surface area (Å²) < 4.78 is 6.51. The fourth-order valence-electron chi connectivity index (χ4n) is 2.34. The van der Waals surface area contributed by atoms with Crippen molar-refractivity contribution in [3.63, 3.8) is 0 Å². The number of carbonyl (C=O) groups is 1. The number of benzene rings is 2. The highest BCUT2D eigenvalue weighted by Crippen LogP contribution is 2.25. The molecule has 0 radical (unpaired) electrons. The third kappa shape index (κ3) is 4.69. The second-order valence-electron chi connectivity index (χ2n) is 5.42. The van der Waals surface area contributed by atoms with E-state index in [1.807, 2.05) is 36.4 Å². The third-order valence-corrected chi connectivity index (χ3v) is 4.41. The molecule has 1 heterocycles. The van der Waals surface area contributed by atoms with Crippen molar-refractivity contribution in [2.75, 3.05) is 5.32 Å². The Hall–Kier alpha value is -2.23. The van der Waals surface area contributed by atoms with Crippen LogP contribution < -0.4 is 10.6 Å². The molecule has 0 atom stereocenters. The summed E-state index contributed by atoms with van der Waals surface area (Å²) in [6.07, 6.45) is 0. The molecule has 1 amide bonds. The van der Waals surface area contributed by atoms with Crippen LogP contribution in [0.3, 0.4) is 0 Å². The minimum absolute atomic E-state index is 0.146. The Morgan fingerprint density at radius 2 is 1.92 bits per heavy atom. The number of thiocarbonyl (C=S) groups is 1. The highest BCUT2D eigenvalue weighted by molar-refractivity contribution is 14.1. The normalized spacial score (nSPS) is 10.4. The summed E-state index contributed by atoms with van der Waals surface area (Å²) in [6, 6.07) is 18.2. The van der Waals surface area contributed by atoms with Gasteiger partial charge in [-0.25, -0.2) is 0 Å². The summed E-state index contributed by atoms with van der Waals surface area (Å²) in [6.45, 7) is -0.146. The number of nitrogens with one attached hydrogen (secondary N) is 2. The number of anilines is 1. The molecule has 7 heteroatoms. The fourth-order valence-corrected chi connectivity index (χ4v) is 3.09. The molecular weight excluding hydrogens is 463 g/mol. The zero-order chi connectivity index (χ0) is 18.5. The second-order valence-corrected chi connectivity index (χ2v) is 7.08. The zero-order valence-electron chi connectivity index (χ0n) is 13.5. The zero-order valence-corrected chi connectivity index (χ0v) is 16.5. The molecule has 3 aromatic rings. The van der Waals surface area contributed by atoms with E-state index >= 15 is 0 Å². The molecule has 0 saturated heterocycles. The van der Waals surface area contributed by atoms with Gasteiger partial charge >= 0.3 is 0 Å². The first kappa shape index (κ1) is 18.6. The average molecular weight is 478 g/mol. The number of hydrogen-bond donors (Lipinski definition) is 3. The smallest absolute Gasteiger partial charge is 0.257 e. The van der Waals surface area contributed by atoms with Crippen LogP contribution in [-0.2, 0) is 6.61 Å². The van der Waals surface area contributed by atoms with Crippen LogP contribution in [0.5, 0.6) is 0 Å².